The van der Waals surface area contributed by atoms with E-state index in [0.717, 1.165) is 0 Å². The van der Waals surface area contributed by atoms with Gasteiger partial charge in [0, 0.05) is 80.7 Å². The van der Waals surface area contributed by atoms with Gasteiger partial charge in [-0.1, -0.05) is 295 Å². The highest BCUT2D eigenvalue weighted by molar-refractivity contribution is 7.27. The molecule has 16 aromatic rings. The van der Waals surface area contributed by atoms with E-state index < -0.39 is 0 Å². The largest absolute Gasteiger partial charge is 0.135 e. The maximum atomic E-state index is 2.37. The number of benzene rings is 12. The molecule has 4 heteroatoms. The van der Waals surface area contributed by atoms with Crippen molar-refractivity contribution < 1.29 is 0 Å². The smallest absolute Gasteiger partial charge is 0.0392 e. The van der Waals surface area contributed by atoms with Gasteiger partial charge in [0.15, 0.2) is 0 Å². The molecule has 0 aliphatic carbocycles. The summed E-state index contributed by atoms with van der Waals surface area (Å²) in [5.41, 5.74) is 16.7. The number of rotatable bonds is 4. The second kappa shape index (κ2) is 25.2. The summed E-state index contributed by atoms with van der Waals surface area (Å²) in [4.78, 5) is 0. The Morgan fingerprint density at radius 1 is 0.196 bits per heavy atom. The van der Waals surface area contributed by atoms with Crippen LogP contribution in [0.25, 0.3) is 125 Å². The van der Waals surface area contributed by atoms with Gasteiger partial charge in [0.05, 0.1) is 0 Å². The van der Waals surface area contributed by atoms with Gasteiger partial charge < -0.3 is 0 Å². The molecule has 4 aromatic heterocycles. The van der Waals surface area contributed by atoms with E-state index in [0.29, 0.717) is 0 Å². The van der Waals surface area contributed by atoms with E-state index >= 15 is 0 Å². The molecule has 0 aliphatic rings. The van der Waals surface area contributed by atoms with Crippen LogP contribution >= 0.6 is 45.3 Å². The molecule has 16 rings (SSSR count). The van der Waals surface area contributed by atoms with Crippen molar-refractivity contribution >= 4 is 126 Å². The van der Waals surface area contributed by atoms with E-state index in [9.17, 15) is 0 Å². The molecule has 0 spiro atoms. The average Bonchev–Trinajstić information content (AvgIpc) is 1.65. The highest BCUT2D eigenvalue weighted by Gasteiger charge is 2.22. The quantitative estimate of drug-likeness (QED) is 0.165. The number of hydrogen-bond donors (Lipinski definition) is 0. The summed E-state index contributed by atoms with van der Waals surface area (Å²) >= 11 is 7.61. The van der Waals surface area contributed by atoms with E-state index in [1.165, 1.54) is 147 Å². The summed E-state index contributed by atoms with van der Waals surface area (Å²) in [5.74, 6) is 0. The number of hydrogen-bond acceptors (Lipinski definition) is 4. The molecule has 12 aromatic carbocycles. The van der Waals surface area contributed by atoms with Crippen LogP contribution in [0.5, 0.6) is 0 Å². The highest BCUT2D eigenvalue weighted by Crippen LogP contribution is 2.45. The van der Waals surface area contributed by atoms with Crippen LogP contribution in [0.1, 0.15) is 105 Å². The van der Waals surface area contributed by atoms with Crippen molar-refractivity contribution in [3.05, 3.63) is 289 Å². The fourth-order valence-corrected chi connectivity index (χ4v) is 17.5. The summed E-state index contributed by atoms with van der Waals surface area (Å²) < 4.78 is 11.1. The molecule has 456 valence electrons. The maximum Gasteiger partial charge on any atom is 0.0392 e. The number of fused-ring (bicyclic) bond motifs is 12. The molecule has 0 N–H and O–H groups in total. The predicted molar refractivity (Wildman–Crippen MR) is 414 cm³/mol. The topological polar surface area (TPSA) is 0 Å². The van der Waals surface area contributed by atoms with Gasteiger partial charge in [-0.2, -0.15) is 0 Å². The first-order valence-electron chi connectivity index (χ1n) is 32.2. The van der Waals surface area contributed by atoms with Gasteiger partial charge in [0.2, 0.25) is 0 Å². The minimum Gasteiger partial charge on any atom is -0.135 e. The van der Waals surface area contributed by atoms with E-state index in [1.807, 2.05) is 45.3 Å². The van der Waals surface area contributed by atoms with E-state index in [2.05, 4.69) is 350 Å². The van der Waals surface area contributed by atoms with E-state index in [1.54, 1.807) is 0 Å². The van der Waals surface area contributed by atoms with Crippen LogP contribution in [0.3, 0.4) is 0 Å². The summed E-state index contributed by atoms with van der Waals surface area (Å²) in [5, 5.41) is 11.1. The summed E-state index contributed by atoms with van der Waals surface area (Å²) in [6.45, 7) is 27.4. The Morgan fingerprint density at radius 3 is 1.07 bits per heavy atom. The predicted octanol–water partition coefficient (Wildman–Crippen LogP) is 28.1. The highest BCUT2D eigenvalue weighted by atomic mass is 32.1. The Balaban J connectivity index is 0.000000112. The first kappa shape index (κ1) is 62.3. The van der Waals surface area contributed by atoms with E-state index in [-0.39, 0.29) is 21.7 Å². The normalized spacial score (nSPS) is 12.1. The van der Waals surface area contributed by atoms with Gasteiger partial charge >= 0.3 is 0 Å². The lowest BCUT2D eigenvalue weighted by Crippen LogP contribution is -2.11. The fraction of sp³-hybridized carbons (Fsp3) is 0.182. The molecular formula is C88H80S4. The third-order valence-electron chi connectivity index (χ3n) is 17.7. The van der Waals surface area contributed by atoms with Crippen LogP contribution < -0.4 is 0 Å². The molecule has 0 nitrogen and oxygen atoms in total. The Hall–Kier alpha value is -8.48. The zero-order valence-corrected chi connectivity index (χ0v) is 58.3. The monoisotopic (exact) mass is 1260 g/mol. The van der Waals surface area contributed by atoms with Gasteiger partial charge in [-0.25, -0.2) is 0 Å². The third-order valence-corrected chi connectivity index (χ3v) is 22.3. The molecule has 0 saturated carbocycles. The molecule has 92 heavy (non-hydrogen) atoms. The van der Waals surface area contributed by atoms with Crippen molar-refractivity contribution in [2.24, 2.45) is 0 Å². The molecule has 0 fully saturated rings. The molecule has 0 aliphatic heterocycles. The Bertz CT molecular complexity index is 5230. The first-order chi connectivity index (χ1) is 44.1. The van der Waals surface area contributed by atoms with Crippen LogP contribution in [0.2, 0.25) is 0 Å². The maximum absolute atomic E-state index is 2.37. The number of thiophene rings is 4. The molecule has 0 atom stereocenters. The van der Waals surface area contributed by atoms with Crippen LogP contribution in [-0.2, 0) is 21.7 Å². The third kappa shape index (κ3) is 13.0. The van der Waals surface area contributed by atoms with Crippen LogP contribution in [0.4, 0.5) is 0 Å². The van der Waals surface area contributed by atoms with Gasteiger partial charge in [-0.3, -0.25) is 0 Å². The van der Waals surface area contributed by atoms with Gasteiger partial charge in [0.1, 0.15) is 0 Å². The molecule has 0 unspecified atom stereocenters. The second-order valence-electron chi connectivity index (χ2n) is 28.5. The second-order valence-corrected chi connectivity index (χ2v) is 32.8. The lowest BCUT2D eigenvalue weighted by atomic mass is 9.84. The van der Waals surface area contributed by atoms with Gasteiger partial charge in [-0.15, -0.1) is 45.3 Å². The lowest BCUT2D eigenvalue weighted by Gasteiger charge is -2.20. The van der Waals surface area contributed by atoms with Gasteiger partial charge in [-0.05, 0) is 143 Å². The van der Waals surface area contributed by atoms with Crippen LogP contribution in [-0.4, -0.2) is 0 Å². The SMILES string of the molecule is CC(C)(C)c1ccc2c(c1)sc1cc(-c3ccccc3)ccc12.CC(C)(C)c1ccc2sc3cc(-c4ccccc4)ccc3c2c1.CC(C)(C)c1cccc2c1sc1ccc(-c3ccccc3)cc12.CC(C)(C)c1cccc2sc3cc(-c4ccccc4)ccc3c12. The summed E-state index contributed by atoms with van der Waals surface area (Å²) in [6.07, 6.45) is 0. The fourth-order valence-electron chi connectivity index (χ4n) is 12.6. The average molecular weight is 1270 g/mol. The molecule has 0 bridgehead atoms. The van der Waals surface area contributed by atoms with Crippen molar-refractivity contribution in [1.82, 2.24) is 0 Å². The molecule has 0 amide bonds. The summed E-state index contributed by atoms with van der Waals surface area (Å²) in [7, 11) is 0. The first-order valence-corrected chi connectivity index (χ1v) is 35.5. The van der Waals surface area contributed by atoms with Crippen molar-refractivity contribution in [2.75, 3.05) is 0 Å². The van der Waals surface area contributed by atoms with Crippen molar-refractivity contribution in [2.45, 2.75) is 105 Å². The molecule has 4 heterocycles. The van der Waals surface area contributed by atoms with E-state index in [4.69, 9.17) is 0 Å². The molecule has 0 radical (unpaired) electrons. The van der Waals surface area contributed by atoms with Crippen molar-refractivity contribution in [1.29, 1.82) is 0 Å². The van der Waals surface area contributed by atoms with Crippen LogP contribution in [0, 0.1) is 0 Å². The zero-order valence-electron chi connectivity index (χ0n) is 55.0. The van der Waals surface area contributed by atoms with Crippen molar-refractivity contribution in [3.63, 3.8) is 0 Å². The Morgan fingerprint density at radius 2 is 0.554 bits per heavy atom. The van der Waals surface area contributed by atoms with Crippen LogP contribution in [0.15, 0.2) is 267 Å². The minimum absolute atomic E-state index is 0.158. The Kier molecular flexibility index (Phi) is 17.1. The van der Waals surface area contributed by atoms with Gasteiger partial charge in [0.25, 0.3) is 0 Å². The lowest BCUT2D eigenvalue weighted by molar-refractivity contribution is 0.591. The molecule has 0 saturated heterocycles. The summed E-state index contributed by atoms with van der Waals surface area (Å²) in [6, 6.07) is 97.2. The molecular weight excluding hydrogens is 1190 g/mol. The van der Waals surface area contributed by atoms with Crippen molar-refractivity contribution in [3.8, 4) is 44.5 Å². The zero-order chi connectivity index (χ0) is 64.1. The Labute approximate surface area is 560 Å². The standard InChI is InChI=1S/4C22H20S/c1-22(2,3)18-10-7-11-19-21(18)17-13-12-16(14-20(17)23-19)15-8-5-4-6-9-15;1-22(2,3)19-11-7-10-17-18-14-16(15-8-5-4-6-9-15)12-13-20(18)23-21(17)19;1-22(2,3)17-10-12-20-19(14-17)18-11-9-16(13-21(18)23-20)15-7-5-4-6-8-15;1-22(2,3)17-10-12-19-18-11-9-16(15-7-5-4-6-8-15)13-20(18)23-21(19)14-17/h4*4-14H,1-3H3. The minimum atomic E-state index is 0.158.